The molecule has 2 heteroatoms. The summed E-state index contributed by atoms with van der Waals surface area (Å²) < 4.78 is 0. The normalized spacial score (nSPS) is 12.5. The number of hydrogen-bond acceptors (Lipinski definition) is 1. The molecule has 0 fully saturated rings. The molecule has 5 aromatic rings. The number of aryl methyl sites for hydroxylation is 1. The van der Waals surface area contributed by atoms with Crippen molar-refractivity contribution in [2.24, 2.45) is 0 Å². The highest BCUT2D eigenvalue weighted by Gasteiger charge is 2.40. The van der Waals surface area contributed by atoms with Gasteiger partial charge in [-0.15, -0.1) is 11.3 Å². The van der Waals surface area contributed by atoms with Gasteiger partial charge in [-0.3, -0.25) is 0 Å². The largest absolute Gasteiger partial charge is 0.219 e. The van der Waals surface area contributed by atoms with Crippen LogP contribution in [0, 0.1) is 6.92 Å². The first kappa shape index (κ1) is 27.5. The Hall–Kier alpha value is -3.07. The third-order valence-corrected chi connectivity index (χ3v) is 10.7. The van der Waals surface area contributed by atoms with E-state index in [0.29, 0.717) is 0 Å². The highest BCUT2D eigenvalue weighted by molar-refractivity contribution is 7.16. The minimum atomic E-state index is -0.408. The molecule has 0 saturated heterocycles. The van der Waals surface area contributed by atoms with Crippen molar-refractivity contribution in [1.29, 1.82) is 0 Å². The van der Waals surface area contributed by atoms with E-state index in [1.807, 2.05) is 22.7 Å². The highest BCUT2D eigenvalue weighted by atomic mass is 32.1. The maximum Gasteiger partial charge on any atom is 0.219 e. The molecule has 0 unspecified atom stereocenters. The Morgan fingerprint density at radius 3 is 1.28 bits per heavy atom. The van der Waals surface area contributed by atoms with E-state index in [9.17, 15) is 0 Å². The van der Waals surface area contributed by atoms with E-state index in [4.69, 9.17) is 0 Å². The van der Waals surface area contributed by atoms with Crippen molar-refractivity contribution in [3.8, 4) is 10.4 Å². The lowest BCUT2D eigenvalue weighted by Gasteiger charge is -2.35. The van der Waals surface area contributed by atoms with Crippen LogP contribution in [0.15, 0.2) is 109 Å². The van der Waals surface area contributed by atoms with Gasteiger partial charge in [0.2, 0.25) is 21.1 Å². The Labute approximate surface area is 243 Å². The van der Waals surface area contributed by atoms with Gasteiger partial charge in [-0.2, -0.15) is 0 Å². The predicted octanol–water partition coefficient (Wildman–Crippen LogP) is 11.0. The molecular weight excluding hydrogens is 509 g/mol. The van der Waals surface area contributed by atoms with E-state index < -0.39 is 5.41 Å². The van der Waals surface area contributed by atoms with Gasteiger partial charge in [-0.05, 0) is 35.2 Å². The van der Waals surface area contributed by atoms with Gasteiger partial charge in [0.05, 0.1) is 5.41 Å². The summed E-state index contributed by atoms with van der Waals surface area (Å²) in [5, 5.41) is 0. The van der Waals surface area contributed by atoms with E-state index in [1.54, 1.807) is 0 Å². The fourth-order valence-electron chi connectivity index (χ4n) is 5.32. The Morgan fingerprint density at radius 2 is 0.923 bits per heavy atom. The maximum atomic E-state index is 2.44. The molecule has 0 amide bonds. The molecular formula is C37H39S2+. The van der Waals surface area contributed by atoms with Crippen LogP contribution in [0.4, 0.5) is 0 Å². The first-order chi connectivity index (χ1) is 18.5. The molecule has 0 bridgehead atoms. The van der Waals surface area contributed by atoms with Crippen molar-refractivity contribution in [3.63, 3.8) is 0 Å². The van der Waals surface area contributed by atoms with Crippen LogP contribution in [0.1, 0.15) is 78.4 Å². The van der Waals surface area contributed by atoms with Crippen LogP contribution < -0.4 is 0 Å². The third-order valence-electron chi connectivity index (χ3n) is 7.44. The molecule has 39 heavy (non-hydrogen) atoms. The van der Waals surface area contributed by atoms with Crippen LogP contribution in [-0.2, 0) is 16.2 Å². The first-order valence-electron chi connectivity index (χ1n) is 13.8. The maximum absolute atomic E-state index is 2.44. The molecule has 2 aromatic heterocycles. The smallest absolute Gasteiger partial charge is 0.138 e. The van der Waals surface area contributed by atoms with Crippen molar-refractivity contribution < 1.29 is 0 Å². The van der Waals surface area contributed by atoms with Crippen LogP contribution in [0.2, 0.25) is 0 Å². The SMILES string of the molecule is Cc1cc(C(c2ccccc2)(c2ccccc2)c2ccccc2)sc1-c1cc(C(C)(C)C)[s+]c(C(C)(C)C)c1. The second-order valence-corrected chi connectivity index (χ2v) is 14.7. The van der Waals surface area contributed by atoms with Crippen LogP contribution in [0.25, 0.3) is 10.4 Å². The van der Waals surface area contributed by atoms with Crippen molar-refractivity contribution in [2.75, 3.05) is 0 Å². The van der Waals surface area contributed by atoms with Gasteiger partial charge < -0.3 is 0 Å². The Bertz CT molecular complexity index is 1420. The average molecular weight is 548 g/mol. The lowest BCUT2D eigenvalue weighted by Crippen LogP contribution is -2.29. The molecule has 0 atom stereocenters. The topological polar surface area (TPSA) is 0 Å². The number of hydrogen-bond donors (Lipinski definition) is 0. The Kier molecular flexibility index (Phi) is 7.39. The minimum Gasteiger partial charge on any atom is -0.138 e. The lowest BCUT2D eigenvalue weighted by atomic mass is 9.68. The zero-order valence-electron chi connectivity index (χ0n) is 24.2. The fraction of sp³-hybridized carbons (Fsp3) is 0.270. The Morgan fingerprint density at radius 1 is 0.538 bits per heavy atom. The molecule has 0 N–H and O–H groups in total. The molecule has 0 aliphatic rings. The average Bonchev–Trinajstić information content (AvgIpc) is 3.31. The van der Waals surface area contributed by atoms with E-state index in [-0.39, 0.29) is 10.8 Å². The molecule has 5 rings (SSSR count). The van der Waals surface area contributed by atoms with E-state index in [0.717, 1.165) is 0 Å². The summed E-state index contributed by atoms with van der Waals surface area (Å²) in [5.41, 5.74) is 6.31. The quantitative estimate of drug-likeness (QED) is 0.152. The monoisotopic (exact) mass is 547 g/mol. The molecule has 0 nitrogen and oxygen atoms in total. The summed E-state index contributed by atoms with van der Waals surface area (Å²) in [7, 11) is 0. The molecule has 2 heterocycles. The highest BCUT2D eigenvalue weighted by Crippen LogP contribution is 2.50. The van der Waals surface area contributed by atoms with Crippen molar-refractivity contribution in [1.82, 2.24) is 0 Å². The van der Waals surface area contributed by atoms with Gasteiger partial charge in [0.25, 0.3) is 0 Å². The van der Waals surface area contributed by atoms with E-state index in [2.05, 4.69) is 158 Å². The van der Waals surface area contributed by atoms with Crippen molar-refractivity contribution in [3.05, 3.63) is 146 Å². The zero-order chi connectivity index (χ0) is 27.8. The van der Waals surface area contributed by atoms with E-state index in [1.165, 1.54) is 47.3 Å². The van der Waals surface area contributed by atoms with E-state index >= 15 is 0 Å². The second kappa shape index (κ2) is 10.5. The first-order valence-corrected chi connectivity index (χ1v) is 15.4. The predicted molar refractivity (Wildman–Crippen MR) is 172 cm³/mol. The summed E-state index contributed by atoms with van der Waals surface area (Å²) in [6, 6.07) is 40.4. The van der Waals surface area contributed by atoms with Gasteiger partial charge in [0.15, 0.2) is 0 Å². The number of thiophene rings is 1. The van der Waals surface area contributed by atoms with Gasteiger partial charge in [0, 0.05) is 38.3 Å². The lowest BCUT2D eigenvalue weighted by molar-refractivity contribution is 0.593. The molecule has 0 aliphatic heterocycles. The fourth-order valence-corrected chi connectivity index (χ4v) is 7.96. The molecule has 3 aromatic carbocycles. The van der Waals surface area contributed by atoms with Crippen LogP contribution in [0.5, 0.6) is 0 Å². The summed E-state index contributed by atoms with van der Waals surface area (Å²) >= 11 is 3.91. The van der Waals surface area contributed by atoms with Crippen LogP contribution in [0.3, 0.4) is 0 Å². The van der Waals surface area contributed by atoms with Gasteiger partial charge in [-0.25, -0.2) is 0 Å². The summed E-state index contributed by atoms with van der Waals surface area (Å²) in [4.78, 5) is 5.57. The molecule has 198 valence electrons. The van der Waals surface area contributed by atoms with Crippen LogP contribution in [-0.4, -0.2) is 0 Å². The van der Waals surface area contributed by atoms with Crippen molar-refractivity contribution in [2.45, 2.75) is 64.7 Å². The third kappa shape index (κ3) is 5.25. The van der Waals surface area contributed by atoms with Crippen LogP contribution >= 0.6 is 22.7 Å². The number of benzene rings is 3. The van der Waals surface area contributed by atoms with Gasteiger partial charge >= 0.3 is 0 Å². The molecule has 0 aliphatic carbocycles. The molecule has 0 saturated carbocycles. The molecule has 0 spiro atoms. The summed E-state index contributed by atoms with van der Waals surface area (Å²) in [6.45, 7) is 16.2. The molecule has 0 radical (unpaired) electrons. The van der Waals surface area contributed by atoms with Gasteiger partial charge in [0.1, 0.15) is 0 Å². The minimum absolute atomic E-state index is 0.0938. The Balaban J connectivity index is 1.82. The number of rotatable bonds is 5. The van der Waals surface area contributed by atoms with Crippen molar-refractivity contribution >= 4 is 22.7 Å². The standard InChI is InChI=1S/C37H39S2/c1-26-23-33(39-34(26)27-24-31(35(2,3)4)38-32(25-27)36(5,6)7)37(28-17-11-8-12-18-28,29-19-13-9-14-20-29)30-21-15-10-16-22-30/h8-25H,1-7H3/q+1. The summed E-state index contributed by atoms with van der Waals surface area (Å²) in [5.74, 6) is 0. The zero-order valence-corrected chi connectivity index (χ0v) is 25.8. The summed E-state index contributed by atoms with van der Waals surface area (Å²) in [6.07, 6.45) is 0. The second-order valence-electron chi connectivity index (χ2n) is 12.5. The van der Waals surface area contributed by atoms with Gasteiger partial charge in [-0.1, -0.05) is 133 Å².